The molecule has 8 heteroatoms. The highest BCUT2D eigenvalue weighted by Crippen LogP contribution is 2.06. The maximum Gasteiger partial charge on any atom is 0.408 e. The summed E-state index contributed by atoms with van der Waals surface area (Å²) in [6, 6.07) is -1.43. The molecule has 0 aliphatic rings. The van der Waals surface area contributed by atoms with Gasteiger partial charge in [-0.2, -0.15) is 0 Å². The van der Waals surface area contributed by atoms with Gasteiger partial charge in [-0.1, -0.05) is 0 Å². The highest BCUT2D eigenvalue weighted by atomic mass is 16.6. The normalized spacial score (nSPS) is 13.2. The fraction of sp³-hybridized carbons (Fsp3) is 0.750. The Morgan fingerprint density at radius 1 is 1.20 bits per heavy atom. The number of nitrogens with one attached hydrogen (secondary N) is 1. The molecule has 0 bridgehead atoms. The summed E-state index contributed by atoms with van der Waals surface area (Å²) >= 11 is 0. The molecule has 0 saturated carbocycles. The number of hydrogen-bond donors (Lipinski definition) is 3. The Kier molecular flexibility index (Phi) is 9.36. The van der Waals surface area contributed by atoms with Gasteiger partial charge < -0.3 is 25.6 Å². The van der Waals surface area contributed by atoms with Crippen LogP contribution >= 0.6 is 0 Å². The third-order valence-electron chi connectivity index (χ3n) is 1.68. The van der Waals surface area contributed by atoms with Gasteiger partial charge in [-0.25, -0.2) is 4.79 Å². The molecule has 0 fully saturated rings. The van der Waals surface area contributed by atoms with E-state index in [1.807, 2.05) is 0 Å². The lowest BCUT2D eigenvalue weighted by molar-refractivity contribution is -0.141. The van der Waals surface area contributed by atoms with E-state index in [2.05, 4.69) is 10.1 Å². The Labute approximate surface area is 118 Å². The summed E-state index contributed by atoms with van der Waals surface area (Å²) in [5.74, 6) is -1.47. The van der Waals surface area contributed by atoms with Crippen LogP contribution < -0.4 is 11.1 Å². The maximum absolute atomic E-state index is 11.0. The molecule has 0 aliphatic carbocycles. The highest BCUT2D eigenvalue weighted by molar-refractivity contribution is 5.79. The number of rotatable bonds is 3. The van der Waals surface area contributed by atoms with Gasteiger partial charge in [-0.15, -0.1) is 0 Å². The maximum atomic E-state index is 11.0. The van der Waals surface area contributed by atoms with E-state index < -0.39 is 29.7 Å². The molecule has 0 spiro atoms. The van der Waals surface area contributed by atoms with Crippen LogP contribution in [-0.2, 0) is 19.1 Å². The first-order valence-corrected chi connectivity index (χ1v) is 5.96. The van der Waals surface area contributed by atoms with E-state index in [1.54, 1.807) is 27.7 Å². The summed E-state index contributed by atoms with van der Waals surface area (Å²) in [4.78, 5) is 31.5. The zero-order chi connectivity index (χ0) is 16.5. The summed E-state index contributed by atoms with van der Waals surface area (Å²) in [5, 5.41) is 10.6. The number of hydrogen-bond acceptors (Lipinski definition) is 6. The average molecular weight is 292 g/mol. The van der Waals surface area contributed by atoms with Crippen LogP contribution in [0.5, 0.6) is 0 Å². The molecule has 20 heavy (non-hydrogen) atoms. The third-order valence-corrected chi connectivity index (χ3v) is 1.68. The molecule has 2 unspecified atom stereocenters. The molecule has 118 valence electrons. The Morgan fingerprint density at radius 2 is 1.65 bits per heavy atom. The number of carboxylic acid groups (broad SMARTS) is 1. The van der Waals surface area contributed by atoms with Gasteiger partial charge in [0.2, 0.25) is 0 Å². The third kappa shape index (κ3) is 12.6. The van der Waals surface area contributed by atoms with Crippen molar-refractivity contribution in [1.82, 2.24) is 5.32 Å². The molecular weight excluding hydrogens is 268 g/mol. The zero-order valence-corrected chi connectivity index (χ0v) is 12.7. The molecule has 0 saturated heterocycles. The van der Waals surface area contributed by atoms with E-state index in [0.717, 1.165) is 0 Å². The Balaban J connectivity index is 0. The van der Waals surface area contributed by atoms with Crippen molar-refractivity contribution in [2.75, 3.05) is 7.11 Å². The SMILES string of the molecule is CC(NC(=O)OC(C)(C)C)C(=O)O.COC(=O)C(C)N. The monoisotopic (exact) mass is 292 g/mol. The van der Waals surface area contributed by atoms with Crippen LogP contribution in [-0.4, -0.2) is 47.9 Å². The zero-order valence-electron chi connectivity index (χ0n) is 12.7. The molecule has 1 amide bonds. The molecule has 0 aromatic heterocycles. The van der Waals surface area contributed by atoms with Crippen molar-refractivity contribution in [3.63, 3.8) is 0 Å². The molecule has 0 aromatic rings. The van der Waals surface area contributed by atoms with Crippen molar-refractivity contribution in [3.8, 4) is 0 Å². The van der Waals surface area contributed by atoms with Crippen molar-refractivity contribution in [3.05, 3.63) is 0 Å². The van der Waals surface area contributed by atoms with E-state index in [4.69, 9.17) is 15.6 Å². The van der Waals surface area contributed by atoms with Crippen molar-refractivity contribution < 1.29 is 29.0 Å². The Morgan fingerprint density at radius 3 is 1.85 bits per heavy atom. The van der Waals surface area contributed by atoms with Gasteiger partial charge in [0.25, 0.3) is 0 Å². The van der Waals surface area contributed by atoms with Crippen molar-refractivity contribution >= 4 is 18.0 Å². The van der Waals surface area contributed by atoms with Crippen LogP contribution in [0.25, 0.3) is 0 Å². The van der Waals surface area contributed by atoms with Gasteiger partial charge >= 0.3 is 18.0 Å². The second-order valence-electron chi connectivity index (χ2n) is 5.02. The van der Waals surface area contributed by atoms with Gasteiger partial charge in [0.1, 0.15) is 17.7 Å². The number of ether oxygens (including phenoxy) is 2. The minimum absolute atomic E-state index is 0.375. The number of amides is 1. The molecule has 0 radical (unpaired) electrons. The van der Waals surface area contributed by atoms with Gasteiger partial charge in [-0.3, -0.25) is 9.59 Å². The predicted octanol–water partition coefficient (Wildman–Crippen LogP) is 0.491. The van der Waals surface area contributed by atoms with Crippen LogP contribution in [0.2, 0.25) is 0 Å². The van der Waals surface area contributed by atoms with E-state index >= 15 is 0 Å². The number of nitrogens with two attached hydrogens (primary N) is 1. The topological polar surface area (TPSA) is 128 Å². The molecule has 2 atom stereocenters. The smallest absolute Gasteiger partial charge is 0.408 e. The summed E-state index contributed by atoms with van der Waals surface area (Å²) in [5.41, 5.74) is 4.46. The minimum Gasteiger partial charge on any atom is -0.480 e. The molecule has 0 aliphatic heterocycles. The van der Waals surface area contributed by atoms with Gasteiger partial charge in [0, 0.05) is 0 Å². The Bertz CT molecular complexity index is 335. The second-order valence-corrected chi connectivity index (χ2v) is 5.02. The summed E-state index contributed by atoms with van der Waals surface area (Å²) in [6.07, 6.45) is -0.720. The van der Waals surface area contributed by atoms with E-state index in [1.165, 1.54) is 14.0 Å². The van der Waals surface area contributed by atoms with Crippen molar-refractivity contribution in [2.24, 2.45) is 5.73 Å². The molecule has 0 rings (SSSR count). The number of carbonyl (C=O) groups is 3. The first kappa shape index (κ1) is 20.5. The highest BCUT2D eigenvalue weighted by Gasteiger charge is 2.20. The lowest BCUT2D eigenvalue weighted by atomic mass is 10.2. The Hall–Kier alpha value is -1.83. The number of alkyl carbamates (subject to hydrolysis) is 1. The number of carbonyl (C=O) groups excluding carboxylic acids is 2. The number of aliphatic carboxylic acids is 1. The minimum atomic E-state index is -1.09. The number of methoxy groups -OCH3 is 1. The summed E-state index contributed by atoms with van der Waals surface area (Å²) in [6.45, 7) is 8.06. The van der Waals surface area contributed by atoms with E-state index in [-0.39, 0.29) is 5.97 Å². The van der Waals surface area contributed by atoms with E-state index in [9.17, 15) is 14.4 Å². The summed E-state index contributed by atoms with van der Waals surface area (Å²) in [7, 11) is 1.31. The fourth-order valence-electron chi connectivity index (χ4n) is 0.732. The first-order chi connectivity index (χ1) is 8.90. The first-order valence-electron chi connectivity index (χ1n) is 5.96. The standard InChI is InChI=1S/C8H15NO4.C4H9NO2/c1-5(6(10)11)9-7(12)13-8(2,3)4;1-3(5)4(6)7-2/h5H,1-4H3,(H,9,12)(H,10,11);3H,5H2,1-2H3. The number of esters is 1. The fourth-order valence-corrected chi connectivity index (χ4v) is 0.732. The average Bonchev–Trinajstić information content (AvgIpc) is 2.25. The predicted molar refractivity (Wildman–Crippen MR) is 72.1 cm³/mol. The van der Waals surface area contributed by atoms with Crippen LogP contribution in [0.1, 0.15) is 34.6 Å². The van der Waals surface area contributed by atoms with Gasteiger partial charge in [0.05, 0.1) is 7.11 Å². The van der Waals surface area contributed by atoms with Gasteiger partial charge in [0.15, 0.2) is 0 Å². The van der Waals surface area contributed by atoms with Gasteiger partial charge in [-0.05, 0) is 34.6 Å². The van der Waals surface area contributed by atoms with Crippen molar-refractivity contribution in [1.29, 1.82) is 0 Å². The molecule has 4 N–H and O–H groups in total. The number of carboxylic acids is 1. The molecule has 0 aromatic carbocycles. The summed E-state index contributed by atoms with van der Waals surface area (Å²) < 4.78 is 9.09. The largest absolute Gasteiger partial charge is 0.480 e. The van der Waals surface area contributed by atoms with Crippen LogP contribution in [0.4, 0.5) is 4.79 Å². The lowest BCUT2D eigenvalue weighted by Crippen LogP contribution is -2.41. The molecule has 8 nitrogen and oxygen atoms in total. The van der Waals surface area contributed by atoms with Crippen molar-refractivity contribution in [2.45, 2.75) is 52.3 Å². The van der Waals surface area contributed by atoms with Crippen LogP contribution in [0.15, 0.2) is 0 Å². The van der Waals surface area contributed by atoms with Crippen LogP contribution in [0, 0.1) is 0 Å². The molecule has 0 heterocycles. The second kappa shape index (κ2) is 9.13. The van der Waals surface area contributed by atoms with Crippen LogP contribution in [0.3, 0.4) is 0 Å². The van der Waals surface area contributed by atoms with E-state index in [0.29, 0.717) is 0 Å². The molecular formula is C12H24N2O6. The quantitative estimate of drug-likeness (QED) is 0.646. The lowest BCUT2D eigenvalue weighted by Gasteiger charge is -2.20.